The van der Waals surface area contributed by atoms with E-state index in [1.54, 1.807) is 6.07 Å². The molecule has 0 spiro atoms. The molecule has 1 aliphatic heterocycles. The first-order valence-electron chi connectivity index (χ1n) is 4.85. The minimum atomic E-state index is -1.19. The second kappa shape index (κ2) is 3.86. The molecule has 0 bridgehead atoms. The summed E-state index contributed by atoms with van der Waals surface area (Å²) in [4.78, 5) is 24.6. The summed E-state index contributed by atoms with van der Waals surface area (Å²) in [6.45, 7) is 1.77. The molecule has 0 aliphatic carbocycles. The maximum absolute atomic E-state index is 11.4. The lowest BCUT2D eigenvalue weighted by Gasteiger charge is -2.07. The molecule has 5 nitrogen and oxygen atoms in total. The molecule has 0 amide bonds. The third-order valence-electron chi connectivity index (χ3n) is 2.66. The average molecular weight is 208 g/mol. The van der Waals surface area contributed by atoms with Gasteiger partial charge in [-0.3, -0.25) is 4.79 Å². The molecular weight excluding hydrogens is 196 g/mol. The van der Waals surface area contributed by atoms with Crippen LogP contribution in [0.25, 0.3) is 0 Å². The van der Waals surface area contributed by atoms with Crippen LogP contribution in [0.2, 0.25) is 0 Å². The first-order valence-corrected chi connectivity index (χ1v) is 4.85. The van der Waals surface area contributed by atoms with Crippen molar-refractivity contribution < 1.29 is 9.90 Å². The van der Waals surface area contributed by atoms with Crippen LogP contribution in [-0.4, -0.2) is 29.1 Å². The number of carbonyl (C=O) groups is 1. The van der Waals surface area contributed by atoms with E-state index in [0.29, 0.717) is 5.92 Å². The Morgan fingerprint density at radius 1 is 1.47 bits per heavy atom. The van der Waals surface area contributed by atoms with E-state index in [0.717, 1.165) is 25.2 Å². The third kappa shape index (κ3) is 1.92. The van der Waals surface area contributed by atoms with E-state index in [1.165, 1.54) is 6.07 Å². The van der Waals surface area contributed by atoms with Crippen LogP contribution in [0.15, 0.2) is 16.9 Å². The van der Waals surface area contributed by atoms with Gasteiger partial charge in [-0.2, -0.15) is 0 Å². The molecule has 3 N–H and O–H groups in total. The quantitative estimate of drug-likeness (QED) is 0.646. The van der Waals surface area contributed by atoms with Crippen LogP contribution >= 0.6 is 0 Å². The molecule has 1 saturated heterocycles. The predicted molar refractivity (Wildman–Crippen MR) is 54.2 cm³/mol. The van der Waals surface area contributed by atoms with E-state index in [4.69, 9.17) is 5.11 Å². The summed E-state index contributed by atoms with van der Waals surface area (Å²) in [5.41, 5.74) is 0.0895. The molecule has 2 rings (SSSR count). The molecule has 5 heteroatoms. The van der Waals surface area contributed by atoms with Crippen LogP contribution in [0.3, 0.4) is 0 Å². The summed E-state index contributed by atoms with van der Waals surface area (Å²) in [5.74, 6) is -0.895. The molecule has 1 aromatic heterocycles. The summed E-state index contributed by atoms with van der Waals surface area (Å²) in [7, 11) is 0. The molecule has 15 heavy (non-hydrogen) atoms. The summed E-state index contributed by atoms with van der Waals surface area (Å²) < 4.78 is 0. The summed E-state index contributed by atoms with van der Waals surface area (Å²) in [5, 5.41) is 11.9. The topological polar surface area (TPSA) is 82.2 Å². The first kappa shape index (κ1) is 9.92. The number of nitrogens with one attached hydrogen (secondary N) is 2. The van der Waals surface area contributed by atoms with Gasteiger partial charge in [0.1, 0.15) is 5.56 Å². The van der Waals surface area contributed by atoms with Gasteiger partial charge in [-0.05, 0) is 25.1 Å². The van der Waals surface area contributed by atoms with E-state index in [9.17, 15) is 9.59 Å². The number of hydrogen-bond donors (Lipinski definition) is 3. The number of aromatic carboxylic acids is 1. The van der Waals surface area contributed by atoms with Crippen LogP contribution in [0.5, 0.6) is 0 Å². The number of carboxylic acid groups (broad SMARTS) is 1. The van der Waals surface area contributed by atoms with Crippen molar-refractivity contribution in [3.63, 3.8) is 0 Å². The summed E-state index contributed by atoms with van der Waals surface area (Å²) >= 11 is 0. The van der Waals surface area contributed by atoms with Crippen molar-refractivity contribution in [2.24, 2.45) is 0 Å². The highest BCUT2D eigenvalue weighted by atomic mass is 16.4. The Balaban J connectivity index is 2.32. The molecule has 0 aromatic carbocycles. The number of rotatable bonds is 2. The highest BCUT2D eigenvalue weighted by molar-refractivity contribution is 5.87. The fraction of sp³-hybridized carbons (Fsp3) is 0.400. The van der Waals surface area contributed by atoms with E-state index >= 15 is 0 Å². The fourth-order valence-electron chi connectivity index (χ4n) is 1.82. The van der Waals surface area contributed by atoms with Gasteiger partial charge in [-0.15, -0.1) is 0 Å². The first-order chi connectivity index (χ1) is 7.18. The highest BCUT2D eigenvalue weighted by Gasteiger charge is 2.18. The zero-order valence-corrected chi connectivity index (χ0v) is 8.12. The Morgan fingerprint density at radius 3 is 2.80 bits per heavy atom. The molecule has 80 valence electrons. The number of aromatic amines is 1. The van der Waals surface area contributed by atoms with E-state index in [2.05, 4.69) is 10.3 Å². The lowest BCUT2D eigenvalue weighted by Crippen LogP contribution is -2.20. The maximum Gasteiger partial charge on any atom is 0.341 e. The highest BCUT2D eigenvalue weighted by Crippen LogP contribution is 2.18. The molecule has 1 fully saturated rings. The van der Waals surface area contributed by atoms with Crippen LogP contribution < -0.4 is 10.9 Å². The van der Waals surface area contributed by atoms with Crippen molar-refractivity contribution in [1.29, 1.82) is 0 Å². The molecule has 1 aliphatic rings. The van der Waals surface area contributed by atoms with Gasteiger partial charge in [0.05, 0.1) is 0 Å². The van der Waals surface area contributed by atoms with Gasteiger partial charge in [0.15, 0.2) is 0 Å². The Morgan fingerprint density at radius 2 is 2.27 bits per heavy atom. The van der Waals surface area contributed by atoms with Gasteiger partial charge >= 0.3 is 5.97 Å². The lowest BCUT2D eigenvalue weighted by molar-refractivity contribution is 0.0695. The SMILES string of the molecule is O=C(O)c1ccc(C2CCNC2)[nH]c1=O. The zero-order chi connectivity index (χ0) is 10.8. The molecule has 0 radical (unpaired) electrons. The average Bonchev–Trinajstić information content (AvgIpc) is 2.69. The Hall–Kier alpha value is -1.62. The van der Waals surface area contributed by atoms with E-state index in [1.807, 2.05) is 0 Å². The maximum atomic E-state index is 11.4. The third-order valence-corrected chi connectivity index (χ3v) is 2.66. The second-order valence-corrected chi connectivity index (χ2v) is 3.65. The summed E-state index contributed by atoms with van der Waals surface area (Å²) in [6.07, 6.45) is 0.975. The standard InChI is InChI=1S/C10H12N2O3/c13-9-7(10(14)15)1-2-8(12-9)6-3-4-11-5-6/h1-2,6,11H,3-5H2,(H,12,13)(H,14,15). The lowest BCUT2D eigenvalue weighted by atomic mass is 10.0. The van der Waals surface area contributed by atoms with Crippen LogP contribution in [0, 0.1) is 0 Å². The minimum Gasteiger partial charge on any atom is -0.477 e. The normalized spacial score (nSPS) is 20.4. The van der Waals surface area contributed by atoms with Gasteiger partial charge in [0.2, 0.25) is 0 Å². The van der Waals surface area contributed by atoms with Gasteiger partial charge in [0.25, 0.3) is 5.56 Å². The van der Waals surface area contributed by atoms with Crippen LogP contribution in [0.4, 0.5) is 0 Å². The fourth-order valence-corrected chi connectivity index (χ4v) is 1.82. The number of carboxylic acids is 1. The molecule has 2 heterocycles. The molecule has 1 unspecified atom stereocenters. The minimum absolute atomic E-state index is 0.204. The Kier molecular flexibility index (Phi) is 2.55. The largest absolute Gasteiger partial charge is 0.477 e. The monoisotopic (exact) mass is 208 g/mol. The Labute approximate surface area is 86.1 Å². The second-order valence-electron chi connectivity index (χ2n) is 3.65. The van der Waals surface area contributed by atoms with Crippen LogP contribution in [0.1, 0.15) is 28.4 Å². The van der Waals surface area contributed by atoms with Crippen molar-refractivity contribution in [1.82, 2.24) is 10.3 Å². The zero-order valence-electron chi connectivity index (χ0n) is 8.12. The number of pyridine rings is 1. The smallest absolute Gasteiger partial charge is 0.341 e. The van der Waals surface area contributed by atoms with Gasteiger partial charge in [0, 0.05) is 18.2 Å². The number of H-pyrrole nitrogens is 1. The predicted octanol–water partition coefficient (Wildman–Crippen LogP) is 0.150. The Bertz CT molecular complexity index is 433. The molecular formula is C10H12N2O3. The number of hydrogen-bond acceptors (Lipinski definition) is 3. The van der Waals surface area contributed by atoms with Gasteiger partial charge < -0.3 is 15.4 Å². The molecule has 0 saturated carbocycles. The van der Waals surface area contributed by atoms with Crippen molar-refractivity contribution in [3.8, 4) is 0 Å². The number of aromatic nitrogens is 1. The van der Waals surface area contributed by atoms with Crippen LogP contribution in [-0.2, 0) is 0 Å². The van der Waals surface area contributed by atoms with Gasteiger partial charge in [-0.1, -0.05) is 0 Å². The molecule has 1 aromatic rings. The van der Waals surface area contributed by atoms with Crippen molar-refractivity contribution in [2.45, 2.75) is 12.3 Å². The molecule has 1 atom stereocenters. The summed E-state index contributed by atoms with van der Waals surface area (Å²) in [6, 6.07) is 3.05. The van der Waals surface area contributed by atoms with E-state index in [-0.39, 0.29) is 5.56 Å². The van der Waals surface area contributed by atoms with Crippen molar-refractivity contribution in [2.75, 3.05) is 13.1 Å². The van der Waals surface area contributed by atoms with Crippen molar-refractivity contribution in [3.05, 3.63) is 33.7 Å². The van der Waals surface area contributed by atoms with E-state index < -0.39 is 11.5 Å². The van der Waals surface area contributed by atoms with Gasteiger partial charge in [-0.25, -0.2) is 4.79 Å². The van der Waals surface area contributed by atoms with Crippen molar-refractivity contribution >= 4 is 5.97 Å².